The minimum absolute atomic E-state index is 0.0726. The fourth-order valence-corrected chi connectivity index (χ4v) is 2.74. The molecule has 0 aliphatic heterocycles. The number of nitrogens with one attached hydrogen (secondary N) is 1. The lowest BCUT2D eigenvalue weighted by Crippen LogP contribution is -2.44. The van der Waals surface area contributed by atoms with E-state index in [0.717, 1.165) is 18.8 Å². The van der Waals surface area contributed by atoms with Gasteiger partial charge in [-0.2, -0.15) is 0 Å². The molecule has 106 valence electrons. The molecule has 0 aromatic carbocycles. The monoisotopic (exact) mass is 255 g/mol. The van der Waals surface area contributed by atoms with E-state index < -0.39 is 0 Å². The molecule has 3 unspecified atom stereocenters. The molecule has 1 aliphatic carbocycles. The fraction of sp³-hybridized carbons (Fsp3) is 0.933. The van der Waals surface area contributed by atoms with E-state index >= 15 is 0 Å². The maximum atomic E-state index is 11.9. The third-order valence-corrected chi connectivity index (χ3v) is 3.84. The molecule has 3 heteroatoms. The lowest BCUT2D eigenvalue weighted by atomic mass is 10.0. The Hall–Kier alpha value is -0.570. The van der Waals surface area contributed by atoms with Crippen LogP contribution >= 0.6 is 0 Å². The highest BCUT2D eigenvalue weighted by molar-refractivity contribution is 5.75. The Morgan fingerprint density at radius 2 is 2.06 bits per heavy atom. The van der Waals surface area contributed by atoms with Crippen LogP contribution in [0.5, 0.6) is 0 Å². The Morgan fingerprint density at radius 1 is 1.28 bits per heavy atom. The molecule has 0 aromatic heterocycles. The predicted octanol–water partition coefficient (Wildman–Crippen LogP) is 3.28. The summed E-state index contributed by atoms with van der Waals surface area (Å²) in [5.74, 6) is 0.765. The second-order valence-corrected chi connectivity index (χ2v) is 5.57. The fourth-order valence-electron chi connectivity index (χ4n) is 2.74. The number of hydrogen-bond acceptors (Lipinski definition) is 3. The number of hydrogen-bond donors (Lipinski definition) is 1. The minimum Gasteiger partial charge on any atom is -0.465 e. The Labute approximate surface area is 112 Å². The summed E-state index contributed by atoms with van der Waals surface area (Å²) in [7, 11) is 0. The van der Waals surface area contributed by atoms with E-state index in [-0.39, 0.29) is 12.0 Å². The number of esters is 1. The van der Waals surface area contributed by atoms with Gasteiger partial charge in [0.15, 0.2) is 0 Å². The first-order valence-corrected chi connectivity index (χ1v) is 7.60. The summed E-state index contributed by atoms with van der Waals surface area (Å²) in [5, 5.41) is 3.53. The molecule has 0 bridgehead atoms. The van der Waals surface area contributed by atoms with Crippen LogP contribution in [0.2, 0.25) is 0 Å². The quantitative estimate of drug-likeness (QED) is 0.585. The molecule has 1 N–H and O–H groups in total. The lowest BCUT2D eigenvalue weighted by Gasteiger charge is -2.23. The van der Waals surface area contributed by atoms with Gasteiger partial charge in [0, 0.05) is 6.04 Å². The molecule has 0 heterocycles. The molecule has 0 amide bonds. The maximum Gasteiger partial charge on any atom is 0.323 e. The van der Waals surface area contributed by atoms with Crippen molar-refractivity contribution in [3.8, 4) is 0 Å². The molecular weight excluding hydrogens is 226 g/mol. The van der Waals surface area contributed by atoms with Crippen molar-refractivity contribution in [3.63, 3.8) is 0 Å². The Bertz CT molecular complexity index is 243. The second kappa shape index (κ2) is 8.52. The first-order valence-electron chi connectivity index (χ1n) is 7.60. The van der Waals surface area contributed by atoms with Crippen molar-refractivity contribution < 1.29 is 9.53 Å². The van der Waals surface area contributed by atoms with Crippen LogP contribution in [0.1, 0.15) is 65.7 Å². The zero-order valence-electron chi connectivity index (χ0n) is 12.2. The largest absolute Gasteiger partial charge is 0.465 e. The lowest BCUT2D eigenvalue weighted by molar-refractivity contribution is -0.146. The zero-order valence-corrected chi connectivity index (χ0v) is 12.2. The molecule has 0 radical (unpaired) electrons. The Kier molecular flexibility index (Phi) is 7.33. The summed E-state index contributed by atoms with van der Waals surface area (Å²) in [5.41, 5.74) is 0. The van der Waals surface area contributed by atoms with Crippen LogP contribution in [0, 0.1) is 5.92 Å². The van der Waals surface area contributed by atoms with Gasteiger partial charge in [-0.3, -0.25) is 4.79 Å². The van der Waals surface area contributed by atoms with Gasteiger partial charge in [0.2, 0.25) is 0 Å². The van der Waals surface area contributed by atoms with Crippen molar-refractivity contribution in [1.29, 1.82) is 0 Å². The van der Waals surface area contributed by atoms with Gasteiger partial charge in [0.05, 0.1) is 6.61 Å². The molecule has 3 atom stereocenters. The Balaban J connectivity index is 2.46. The van der Waals surface area contributed by atoms with Gasteiger partial charge in [-0.15, -0.1) is 0 Å². The van der Waals surface area contributed by atoms with Gasteiger partial charge in [0.25, 0.3) is 0 Å². The normalized spacial score (nSPS) is 26.4. The highest BCUT2D eigenvalue weighted by Gasteiger charge is 2.24. The molecular formula is C15H29NO2. The summed E-state index contributed by atoms with van der Waals surface area (Å²) in [6.45, 7) is 6.79. The highest BCUT2D eigenvalue weighted by Crippen LogP contribution is 2.23. The van der Waals surface area contributed by atoms with Gasteiger partial charge in [-0.05, 0) is 38.5 Å². The molecule has 3 nitrogen and oxygen atoms in total. The first kappa shape index (κ1) is 15.5. The van der Waals surface area contributed by atoms with E-state index in [1.54, 1.807) is 0 Å². The van der Waals surface area contributed by atoms with Crippen molar-refractivity contribution in [2.45, 2.75) is 77.8 Å². The van der Waals surface area contributed by atoms with Crippen LogP contribution in [0.15, 0.2) is 0 Å². The van der Waals surface area contributed by atoms with E-state index in [0.29, 0.717) is 12.6 Å². The maximum absolute atomic E-state index is 11.9. The van der Waals surface area contributed by atoms with Gasteiger partial charge in [0.1, 0.15) is 6.04 Å². The summed E-state index contributed by atoms with van der Waals surface area (Å²) in [4.78, 5) is 11.9. The Morgan fingerprint density at radius 3 is 2.72 bits per heavy atom. The number of ether oxygens (including phenoxy) is 1. The summed E-state index contributed by atoms with van der Waals surface area (Å²) >= 11 is 0. The molecule has 18 heavy (non-hydrogen) atoms. The second-order valence-electron chi connectivity index (χ2n) is 5.57. The average molecular weight is 255 g/mol. The summed E-state index contributed by atoms with van der Waals surface area (Å²) < 4.78 is 5.15. The highest BCUT2D eigenvalue weighted by atomic mass is 16.5. The number of carbonyl (C=O) groups excluding carboxylic acids is 1. The van der Waals surface area contributed by atoms with E-state index in [2.05, 4.69) is 19.2 Å². The third-order valence-electron chi connectivity index (χ3n) is 3.84. The van der Waals surface area contributed by atoms with Crippen LogP contribution in [-0.4, -0.2) is 24.7 Å². The molecule has 0 saturated heterocycles. The molecule has 0 aromatic rings. The van der Waals surface area contributed by atoms with E-state index in [9.17, 15) is 4.79 Å². The van der Waals surface area contributed by atoms with Crippen LogP contribution in [-0.2, 0) is 9.53 Å². The third kappa shape index (κ3) is 5.38. The molecule has 1 fully saturated rings. The SMILES string of the molecule is CCCC(NC1CCCC(C)CC1)C(=O)OCC. The van der Waals surface area contributed by atoms with Crippen molar-refractivity contribution in [3.05, 3.63) is 0 Å². The summed E-state index contributed by atoms with van der Waals surface area (Å²) in [6, 6.07) is 0.393. The zero-order chi connectivity index (χ0) is 13.4. The van der Waals surface area contributed by atoms with Crippen LogP contribution in [0.3, 0.4) is 0 Å². The van der Waals surface area contributed by atoms with Gasteiger partial charge >= 0.3 is 5.97 Å². The van der Waals surface area contributed by atoms with E-state index in [1.807, 2.05) is 6.92 Å². The average Bonchev–Trinajstić information content (AvgIpc) is 2.54. The molecule has 1 rings (SSSR count). The molecule has 1 aliphatic rings. The minimum atomic E-state index is -0.103. The van der Waals surface area contributed by atoms with Gasteiger partial charge in [-0.1, -0.05) is 33.1 Å². The van der Waals surface area contributed by atoms with E-state index in [4.69, 9.17) is 4.74 Å². The molecule has 0 spiro atoms. The summed E-state index contributed by atoms with van der Waals surface area (Å²) in [6.07, 6.45) is 8.17. The van der Waals surface area contributed by atoms with Gasteiger partial charge in [-0.25, -0.2) is 0 Å². The number of carbonyl (C=O) groups is 1. The standard InChI is InChI=1S/C15H29NO2/c1-4-7-14(15(17)18-5-2)16-13-9-6-8-12(3)10-11-13/h12-14,16H,4-11H2,1-3H3. The van der Waals surface area contributed by atoms with Crippen LogP contribution in [0.4, 0.5) is 0 Å². The van der Waals surface area contributed by atoms with Crippen molar-refractivity contribution in [2.24, 2.45) is 5.92 Å². The van der Waals surface area contributed by atoms with Crippen molar-refractivity contribution >= 4 is 5.97 Å². The predicted molar refractivity (Wildman–Crippen MR) is 74.5 cm³/mol. The molecule has 1 saturated carbocycles. The number of rotatable bonds is 6. The van der Waals surface area contributed by atoms with Crippen molar-refractivity contribution in [2.75, 3.05) is 6.61 Å². The first-order chi connectivity index (χ1) is 8.67. The topological polar surface area (TPSA) is 38.3 Å². The smallest absolute Gasteiger partial charge is 0.323 e. The van der Waals surface area contributed by atoms with Crippen molar-refractivity contribution in [1.82, 2.24) is 5.32 Å². The van der Waals surface area contributed by atoms with E-state index in [1.165, 1.54) is 32.1 Å². The van der Waals surface area contributed by atoms with Crippen LogP contribution in [0.25, 0.3) is 0 Å². The van der Waals surface area contributed by atoms with Crippen LogP contribution < -0.4 is 5.32 Å². The van der Waals surface area contributed by atoms with Gasteiger partial charge < -0.3 is 10.1 Å².